The van der Waals surface area contributed by atoms with Crippen LogP contribution in [0.3, 0.4) is 0 Å². The Morgan fingerprint density at radius 3 is 2.40 bits per heavy atom. The number of hydrogen-bond donors (Lipinski definition) is 2. The molecule has 0 heterocycles. The Labute approximate surface area is 151 Å². The van der Waals surface area contributed by atoms with E-state index in [2.05, 4.69) is 10.6 Å². The number of halogens is 1. The molecule has 0 radical (unpaired) electrons. The first-order chi connectivity index (χ1) is 12.0. The second kappa shape index (κ2) is 8.39. The van der Waals surface area contributed by atoms with E-state index in [9.17, 15) is 9.59 Å². The summed E-state index contributed by atoms with van der Waals surface area (Å²) in [6, 6.07) is 10.0. The lowest BCUT2D eigenvalue weighted by atomic mass is 10.1. The molecule has 7 heteroatoms. The van der Waals surface area contributed by atoms with E-state index in [1.807, 2.05) is 0 Å². The Bertz CT molecular complexity index is 793. The molecule has 2 amide bonds. The third-order valence-electron chi connectivity index (χ3n) is 3.53. The van der Waals surface area contributed by atoms with Crippen LogP contribution in [0.5, 0.6) is 11.5 Å². The third-order valence-corrected chi connectivity index (χ3v) is 3.86. The van der Waals surface area contributed by atoms with Crippen molar-refractivity contribution in [2.45, 2.75) is 6.42 Å². The monoisotopic (exact) mass is 362 g/mol. The highest BCUT2D eigenvalue weighted by Gasteiger charge is 2.12. The molecule has 0 atom stereocenters. The van der Waals surface area contributed by atoms with E-state index in [-0.39, 0.29) is 18.2 Å². The summed E-state index contributed by atoms with van der Waals surface area (Å²) in [5, 5.41) is 5.57. The van der Waals surface area contributed by atoms with Gasteiger partial charge in [0, 0.05) is 12.7 Å². The van der Waals surface area contributed by atoms with Gasteiger partial charge in [-0.15, -0.1) is 0 Å². The van der Waals surface area contributed by atoms with Gasteiger partial charge in [0.2, 0.25) is 5.91 Å². The molecule has 0 aliphatic carbocycles. The number of methoxy groups -OCH3 is 2. The number of nitrogens with one attached hydrogen (secondary N) is 2. The topological polar surface area (TPSA) is 76.7 Å². The predicted molar refractivity (Wildman–Crippen MR) is 96.7 cm³/mol. The van der Waals surface area contributed by atoms with Crippen LogP contribution >= 0.6 is 11.6 Å². The van der Waals surface area contributed by atoms with E-state index in [1.54, 1.807) is 37.4 Å². The average Bonchev–Trinajstić information content (AvgIpc) is 2.62. The maximum Gasteiger partial charge on any atom is 0.252 e. The minimum absolute atomic E-state index is 0.151. The fourth-order valence-corrected chi connectivity index (χ4v) is 2.50. The molecule has 0 bridgehead atoms. The van der Waals surface area contributed by atoms with Gasteiger partial charge < -0.3 is 20.1 Å². The van der Waals surface area contributed by atoms with Crippen LogP contribution in [0.25, 0.3) is 0 Å². The minimum atomic E-state index is -0.319. The lowest BCUT2D eigenvalue weighted by Gasteiger charge is -2.11. The van der Waals surface area contributed by atoms with Gasteiger partial charge in [-0.25, -0.2) is 0 Å². The van der Waals surface area contributed by atoms with Crippen LogP contribution in [0.2, 0.25) is 5.02 Å². The summed E-state index contributed by atoms with van der Waals surface area (Å²) >= 11 is 6.00. The lowest BCUT2D eigenvalue weighted by Crippen LogP contribution is -2.19. The first-order valence-corrected chi connectivity index (χ1v) is 7.88. The summed E-state index contributed by atoms with van der Waals surface area (Å²) < 4.78 is 10.4. The Hall–Kier alpha value is -2.73. The van der Waals surface area contributed by atoms with Crippen LogP contribution in [0.1, 0.15) is 15.9 Å². The molecule has 2 aromatic carbocycles. The van der Waals surface area contributed by atoms with Gasteiger partial charge in [0.1, 0.15) is 0 Å². The predicted octanol–water partition coefficient (Wildman–Crippen LogP) is 2.90. The molecule has 0 spiro atoms. The second-order valence-corrected chi connectivity index (χ2v) is 5.60. The van der Waals surface area contributed by atoms with Crippen molar-refractivity contribution in [3.05, 3.63) is 52.5 Å². The van der Waals surface area contributed by atoms with Gasteiger partial charge in [-0.3, -0.25) is 9.59 Å². The number of ether oxygens (including phenoxy) is 2. The number of hydrogen-bond acceptors (Lipinski definition) is 4. The number of carbonyl (C=O) groups excluding carboxylic acids is 2. The van der Waals surface area contributed by atoms with Crippen LogP contribution in [-0.4, -0.2) is 33.1 Å². The zero-order valence-corrected chi connectivity index (χ0v) is 14.9. The van der Waals surface area contributed by atoms with E-state index >= 15 is 0 Å². The van der Waals surface area contributed by atoms with Gasteiger partial charge in [0.15, 0.2) is 11.5 Å². The quantitative estimate of drug-likeness (QED) is 0.828. The van der Waals surface area contributed by atoms with Gasteiger partial charge in [0.25, 0.3) is 5.91 Å². The third kappa shape index (κ3) is 4.64. The molecule has 0 unspecified atom stereocenters. The normalized spacial score (nSPS) is 10.1. The number of benzene rings is 2. The highest BCUT2D eigenvalue weighted by molar-refractivity contribution is 6.34. The van der Waals surface area contributed by atoms with Crippen LogP contribution in [-0.2, 0) is 11.2 Å². The molecule has 0 fully saturated rings. The maximum absolute atomic E-state index is 12.3. The SMILES string of the molecule is CNC(=O)c1cc(NC(=O)Cc2ccc(OC)c(OC)c2)ccc1Cl. The van der Waals surface area contributed by atoms with Crippen molar-refractivity contribution in [3.63, 3.8) is 0 Å². The van der Waals surface area contributed by atoms with Crippen LogP contribution in [0, 0.1) is 0 Å². The molecule has 0 aliphatic heterocycles. The van der Waals surface area contributed by atoms with Gasteiger partial charge in [-0.2, -0.15) is 0 Å². The molecule has 2 rings (SSSR count). The van der Waals surface area contributed by atoms with E-state index in [0.717, 1.165) is 5.56 Å². The smallest absolute Gasteiger partial charge is 0.252 e. The Kier molecular flexibility index (Phi) is 6.25. The Morgan fingerprint density at radius 2 is 1.76 bits per heavy atom. The zero-order chi connectivity index (χ0) is 18.4. The van der Waals surface area contributed by atoms with Crippen molar-refractivity contribution in [2.24, 2.45) is 0 Å². The molecule has 0 saturated heterocycles. The molecule has 0 saturated carbocycles. The van der Waals surface area contributed by atoms with Crippen molar-refractivity contribution >= 4 is 29.1 Å². The molecule has 0 aromatic heterocycles. The maximum atomic E-state index is 12.3. The van der Waals surface area contributed by atoms with Crippen LogP contribution in [0.4, 0.5) is 5.69 Å². The van der Waals surface area contributed by atoms with Crippen molar-refractivity contribution in [1.29, 1.82) is 0 Å². The number of anilines is 1. The van der Waals surface area contributed by atoms with Crippen molar-refractivity contribution in [2.75, 3.05) is 26.6 Å². The van der Waals surface area contributed by atoms with E-state index < -0.39 is 0 Å². The molecule has 2 aromatic rings. The number of carbonyl (C=O) groups is 2. The van der Waals surface area contributed by atoms with Crippen molar-refractivity contribution in [1.82, 2.24) is 5.32 Å². The van der Waals surface area contributed by atoms with Gasteiger partial charge in [0.05, 0.1) is 31.2 Å². The van der Waals surface area contributed by atoms with Crippen molar-refractivity contribution < 1.29 is 19.1 Å². The lowest BCUT2D eigenvalue weighted by molar-refractivity contribution is -0.115. The zero-order valence-electron chi connectivity index (χ0n) is 14.2. The molecule has 0 aliphatic rings. The molecule has 25 heavy (non-hydrogen) atoms. The first-order valence-electron chi connectivity index (χ1n) is 7.51. The van der Waals surface area contributed by atoms with Crippen LogP contribution in [0.15, 0.2) is 36.4 Å². The minimum Gasteiger partial charge on any atom is -0.493 e. The highest BCUT2D eigenvalue weighted by Crippen LogP contribution is 2.28. The molecule has 6 nitrogen and oxygen atoms in total. The van der Waals surface area contributed by atoms with Crippen molar-refractivity contribution in [3.8, 4) is 11.5 Å². The van der Waals surface area contributed by atoms with Gasteiger partial charge >= 0.3 is 0 Å². The molecular formula is C18H19ClN2O4. The Balaban J connectivity index is 2.11. The first kappa shape index (κ1) is 18.6. The fourth-order valence-electron chi connectivity index (χ4n) is 2.29. The Morgan fingerprint density at radius 1 is 1.04 bits per heavy atom. The average molecular weight is 363 g/mol. The highest BCUT2D eigenvalue weighted by atomic mass is 35.5. The fraction of sp³-hybridized carbons (Fsp3) is 0.222. The largest absolute Gasteiger partial charge is 0.493 e. The van der Waals surface area contributed by atoms with E-state index in [4.69, 9.17) is 21.1 Å². The summed E-state index contributed by atoms with van der Waals surface area (Å²) in [5.74, 6) is 0.610. The number of rotatable bonds is 6. The molecule has 2 N–H and O–H groups in total. The van der Waals surface area contributed by atoms with Gasteiger partial charge in [-0.1, -0.05) is 17.7 Å². The van der Waals surface area contributed by atoms with Crippen LogP contribution < -0.4 is 20.1 Å². The summed E-state index contributed by atoms with van der Waals surface area (Å²) in [4.78, 5) is 24.0. The standard InChI is InChI=1S/C18H19ClN2O4/c1-20-18(23)13-10-12(5-6-14(13)19)21-17(22)9-11-4-7-15(24-2)16(8-11)25-3/h4-8,10H,9H2,1-3H3,(H,20,23)(H,21,22). The molecular weight excluding hydrogens is 344 g/mol. The summed E-state index contributed by atoms with van der Waals surface area (Å²) in [5.41, 5.74) is 1.57. The van der Waals surface area contributed by atoms with Gasteiger partial charge in [-0.05, 0) is 35.9 Å². The number of amides is 2. The molecule has 132 valence electrons. The van der Waals surface area contributed by atoms with E-state index in [0.29, 0.717) is 27.8 Å². The summed E-state index contributed by atoms with van der Waals surface area (Å²) in [7, 11) is 4.60. The summed E-state index contributed by atoms with van der Waals surface area (Å²) in [6.45, 7) is 0. The van der Waals surface area contributed by atoms with E-state index in [1.165, 1.54) is 20.2 Å². The second-order valence-electron chi connectivity index (χ2n) is 5.19. The summed E-state index contributed by atoms with van der Waals surface area (Å²) in [6.07, 6.45) is 0.151.